The van der Waals surface area contributed by atoms with Crippen molar-refractivity contribution in [3.63, 3.8) is 0 Å². The zero-order valence-corrected chi connectivity index (χ0v) is 13.0. The molecular weight excluding hydrogens is 315 g/mol. The molecule has 0 aromatic heterocycles. The van der Waals surface area contributed by atoms with Crippen molar-refractivity contribution in [2.24, 2.45) is 5.73 Å². The van der Waals surface area contributed by atoms with Gasteiger partial charge in [0.05, 0.1) is 12.2 Å². The zero-order chi connectivity index (χ0) is 17.5. The van der Waals surface area contributed by atoms with Crippen LogP contribution in [-0.2, 0) is 4.74 Å². The van der Waals surface area contributed by atoms with Gasteiger partial charge in [0.25, 0.3) is 11.8 Å². The lowest BCUT2D eigenvalue weighted by atomic mass is 10.1. The molecule has 0 aliphatic rings. The standard InChI is InChI=1S/C17H17FN2O4/c1-23-8-9-24-13-5-2-11(3-6-13)17(22)20-12-4-7-15(18)14(10-12)16(19)21/h2-7,10H,8-9H2,1H3,(H2,19,21)(H,20,22). The quantitative estimate of drug-likeness (QED) is 0.761. The van der Waals surface area contributed by atoms with Gasteiger partial charge in [0.15, 0.2) is 0 Å². The summed E-state index contributed by atoms with van der Waals surface area (Å²) >= 11 is 0. The number of rotatable bonds is 7. The van der Waals surface area contributed by atoms with Gasteiger partial charge >= 0.3 is 0 Å². The van der Waals surface area contributed by atoms with E-state index in [9.17, 15) is 14.0 Å². The van der Waals surface area contributed by atoms with E-state index >= 15 is 0 Å². The Morgan fingerprint density at radius 1 is 1.12 bits per heavy atom. The molecule has 0 bridgehead atoms. The monoisotopic (exact) mass is 332 g/mol. The number of methoxy groups -OCH3 is 1. The SMILES string of the molecule is COCCOc1ccc(C(=O)Nc2ccc(F)c(C(N)=O)c2)cc1. The molecule has 0 aliphatic carbocycles. The molecule has 0 atom stereocenters. The fourth-order valence-electron chi connectivity index (χ4n) is 1.94. The number of hydrogen-bond acceptors (Lipinski definition) is 4. The molecule has 2 aromatic carbocycles. The molecule has 2 rings (SSSR count). The van der Waals surface area contributed by atoms with Gasteiger partial charge in [-0.15, -0.1) is 0 Å². The number of primary amides is 1. The minimum absolute atomic E-state index is 0.274. The van der Waals surface area contributed by atoms with Crippen molar-refractivity contribution in [2.75, 3.05) is 25.6 Å². The second-order valence-corrected chi connectivity index (χ2v) is 4.88. The summed E-state index contributed by atoms with van der Waals surface area (Å²) in [4.78, 5) is 23.3. The molecular formula is C17H17FN2O4. The first-order valence-corrected chi connectivity index (χ1v) is 7.14. The molecule has 0 radical (unpaired) electrons. The van der Waals surface area contributed by atoms with E-state index < -0.39 is 17.6 Å². The van der Waals surface area contributed by atoms with Crippen LogP contribution < -0.4 is 15.8 Å². The molecule has 2 amide bonds. The number of nitrogens with two attached hydrogens (primary N) is 1. The third-order valence-electron chi connectivity index (χ3n) is 3.16. The van der Waals surface area contributed by atoms with E-state index in [1.807, 2.05) is 0 Å². The number of ether oxygens (including phenoxy) is 2. The summed E-state index contributed by atoms with van der Waals surface area (Å²) in [5.74, 6) is -1.43. The maximum Gasteiger partial charge on any atom is 0.255 e. The maximum atomic E-state index is 13.4. The van der Waals surface area contributed by atoms with E-state index in [4.69, 9.17) is 15.2 Å². The second kappa shape index (κ2) is 8.07. The van der Waals surface area contributed by atoms with Crippen LogP contribution in [0.25, 0.3) is 0 Å². The van der Waals surface area contributed by atoms with Crippen LogP contribution >= 0.6 is 0 Å². The Hall–Kier alpha value is -2.93. The number of carbonyl (C=O) groups excluding carboxylic acids is 2. The van der Waals surface area contributed by atoms with Crippen molar-refractivity contribution in [1.29, 1.82) is 0 Å². The third-order valence-corrected chi connectivity index (χ3v) is 3.16. The largest absolute Gasteiger partial charge is 0.491 e. The Morgan fingerprint density at radius 3 is 2.46 bits per heavy atom. The van der Waals surface area contributed by atoms with Gasteiger partial charge < -0.3 is 20.5 Å². The smallest absolute Gasteiger partial charge is 0.255 e. The van der Waals surface area contributed by atoms with Crippen LogP contribution in [0.4, 0.5) is 10.1 Å². The lowest BCUT2D eigenvalue weighted by molar-refractivity contribution is 0.0992. The van der Waals surface area contributed by atoms with Crippen molar-refractivity contribution >= 4 is 17.5 Å². The van der Waals surface area contributed by atoms with Crippen molar-refractivity contribution in [1.82, 2.24) is 0 Å². The average molecular weight is 332 g/mol. The summed E-state index contributed by atoms with van der Waals surface area (Å²) in [5, 5.41) is 2.58. The van der Waals surface area contributed by atoms with Gasteiger partial charge in [0.1, 0.15) is 18.2 Å². The zero-order valence-electron chi connectivity index (χ0n) is 13.0. The van der Waals surface area contributed by atoms with E-state index in [0.29, 0.717) is 24.5 Å². The summed E-state index contributed by atoms with van der Waals surface area (Å²) in [6.45, 7) is 0.877. The number of nitrogens with one attached hydrogen (secondary N) is 1. The van der Waals surface area contributed by atoms with Gasteiger partial charge in [-0.3, -0.25) is 9.59 Å². The van der Waals surface area contributed by atoms with E-state index in [1.165, 1.54) is 12.1 Å². The molecule has 0 unspecified atom stereocenters. The Bertz CT molecular complexity index is 732. The van der Waals surface area contributed by atoms with Gasteiger partial charge in [0.2, 0.25) is 0 Å². The molecule has 2 aromatic rings. The minimum atomic E-state index is -0.902. The van der Waals surface area contributed by atoms with Crippen LogP contribution in [-0.4, -0.2) is 32.1 Å². The number of halogens is 1. The second-order valence-electron chi connectivity index (χ2n) is 4.88. The van der Waals surface area contributed by atoms with E-state index in [-0.39, 0.29) is 11.3 Å². The first-order chi connectivity index (χ1) is 11.5. The Morgan fingerprint density at radius 2 is 1.83 bits per heavy atom. The Labute approximate surface area is 138 Å². The Kier molecular flexibility index (Phi) is 5.86. The topological polar surface area (TPSA) is 90.7 Å². The molecule has 0 saturated heterocycles. The van der Waals surface area contributed by atoms with Gasteiger partial charge in [-0.1, -0.05) is 0 Å². The van der Waals surface area contributed by atoms with Crippen LogP contribution in [0, 0.1) is 5.82 Å². The summed E-state index contributed by atoms with van der Waals surface area (Å²) in [6.07, 6.45) is 0. The van der Waals surface area contributed by atoms with Crippen LogP contribution in [0.5, 0.6) is 5.75 Å². The number of carbonyl (C=O) groups is 2. The molecule has 3 N–H and O–H groups in total. The van der Waals surface area contributed by atoms with Crippen molar-refractivity contribution in [3.05, 3.63) is 59.4 Å². The fourth-order valence-corrected chi connectivity index (χ4v) is 1.94. The highest BCUT2D eigenvalue weighted by Gasteiger charge is 2.11. The van der Waals surface area contributed by atoms with Gasteiger partial charge in [-0.25, -0.2) is 4.39 Å². The summed E-state index contributed by atoms with van der Waals surface area (Å²) in [7, 11) is 1.58. The highest BCUT2D eigenvalue weighted by molar-refractivity contribution is 6.05. The number of anilines is 1. The lowest BCUT2D eigenvalue weighted by Gasteiger charge is -2.08. The first kappa shape index (κ1) is 17.4. The number of amides is 2. The van der Waals surface area contributed by atoms with Crippen molar-refractivity contribution < 1.29 is 23.5 Å². The average Bonchev–Trinajstić information content (AvgIpc) is 2.57. The molecule has 126 valence electrons. The molecule has 0 aliphatic heterocycles. The summed E-state index contributed by atoms with van der Waals surface area (Å²) in [5.41, 5.74) is 5.46. The molecule has 0 spiro atoms. The third kappa shape index (κ3) is 4.53. The molecule has 0 fully saturated rings. The summed E-state index contributed by atoms with van der Waals surface area (Å²) in [6, 6.07) is 10.1. The van der Waals surface area contributed by atoms with Crippen LogP contribution in [0.2, 0.25) is 0 Å². The van der Waals surface area contributed by atoms with Gasteiger partial charge in [-0.2, -0.15) is 0 Å². The van der Waals surface area contributed by atoms with E-state index in [1.54, 1.807) is 31.4 Å². The fraction of sp³-hybridized carbons (Fsp3) is 0.176. The highest BCUT2D eigenvalue weighted by Crippen LogP contribution is 2.17. The summed E-state index contributed by atoms with van der Waals surface area (Å²) < 4.78 is 23.7. The van der Waals surface area contributed by atoms with Gasteiger partial charge in [0, 0.05) is 18.4 Å². The lowest BCUT2D eigenvalue weighted by Crippen LogP contribution is -2.16. The predicted molar refractivity (Wildman–Crippen MR) is 86.7 cm³/mol. The number of hydrogen-bond donors (Lipinski definition) is 2. The molecule has 0 saturated carbocycles. The first-order valence-electron chi connectivity index (χ1n) is 7.14. The van der Waals surface area contributed by atoms with Crippen LogP contribution in [0.15, 0.2) is 42.5 Å². The maximum absolute atomic E-state index is 13.4. The molecule has 7 heteroatoms. The van der Waals surface area contributed by atoms with Crippen molar-refractivity contribution in [2.45, 2.75) is 0 Å². The van der Waals surface area contributed by atoms with Gasteiger partial charge in [-0.05, 0) is 42.5 Å². The minimum Gasteiger partial charge on any atom is -0.491 e. The molecule has 24 heavy (non-hydrogen) atoms. The van der Waals surface area contributed by atoms with E-state index in [2.05, 4.69) is 5.32 Å². The predicted octanol–water partition coefficient (Wildman–Crippen LogP) is 2.20. The highest BCUT2D eigenvalue weighted by atomic mass is 19.1. The molecule has 6 nitrogen and oxygen atoms in total. The Balaban J connectivity index is 2.04. The number of benzene rings is 2. The van der Waals surface area contributed by atoms with Crippen LogP contribution in [0.3, 0.4) is 0 Å². The molecule has 0 heterocycles. The van der Waals surface area contributed by atoms with E-state index in [0.717, 1.165) is 6.07 Å². The van der Waals surface area contributed by atoms with Crippen molar-refractivity contribution in [3.8, 4) is 5.75 Å². The normalized spacial score (nSPS) is 10.2. The van der Waals surface area contributed by atoms with Crippen LogP contribution in [0.1, 0.15) is 20.7 Å².